The number of benzene rings is 1. The van der Waals surface area contributed by atoms with Crippen LogP contribution in [0.5, 0.6) is 0 Å². The second-order valence-electron chi connectivity index (χ2n) is 3.56. The molecule has 5 heteroatoms. The first-order valence-corrected chi connectivity index (χ1v) is 4.42. The van der Waals surface area contributed by atoms with Crippen LogP contribution in [-0.4, -0.2) is 28.9 Å². The molecule has 0 bridgehead atoms. The van der Waals surface area contributed by atoms with Gasteiger partial charge < -0.3 is 15.7 Å². The molecule has 15 heavy (non-hydrogen) atoms. The van der Waals surface area contributed by atoms with Gasteiger partial charge in [-0.15, -0.1) is 0 Å². The highest BCUT2D eigenvalue weighted by Gasteiger charge is 2.27. The maximum atomic E-state index is 11.6. The van der Waals surface area contributed by atoms with Gasteiger partial charge in [-0.25, -0.2) is 4.79 Å². The summed E-state index contributed by atoms with van der Waals surface area (Å²) in [5.74, 6) is -1.26. The molecule has 78 valence electrons. The highest BCUT2D eigenvalue weighted by Crippen LogP contribution is 2.28. The smallest absolute Gasteiger partial charge is 0.335 e. The summed E-state index contributed by atoms with van der Waals surface area (Å²) < 4.78 is 0. The van der Waals surface area contributed by atoms with E-state index in [0.29, 0.717) is 23.4 Å². The summed E-state index contributed by atoms with van der Waals surface area (Å²) in [7, 11) is 1.65. The van der Waals surface area contributed by atoms with Gasteiger partial charge in [0, 0.05) is 30.4 Å². The van der Waals surface area contributed by atoms with Crippen molar-refractivity contribution in [1.82, 2.24) is 4.90 Å². The number of amides is 1. The Morgan fingerprint density at radius 1 is 1.53 bits per heavy atom. The Hall–Kier alpha value is -2.04. The molecule has 5 nitrogen and oxygen atoms in total. The van der Waals surface area contributed by atoms with E-state index in [1.54, 1.807) is 7.05 Å². The third-order valence-corrected chi connectivity index (χ3v) is 2.50. The van der Waals surface area contributed by atoms with E-state index in [1.807, 2.05) is 0 Å². The molecule has 0 unspecified atom stereocenters. The van der Waals surface area contributed by atoms with Gasteiger partial charge >= 0.3 is 5.97 Å². The van der Waals surface area contributed by atoms with E-state index < -0.39 is 5.97 Å². The highest BCUT2D eigenvalue weighted by molar-refractivity contribution is 6.02. The molecule has 0 radical (unpaired) electrons. The Morgan fingerprint density at radius 2 is 2.20 bits per heavy atom. The van der Waals surface area contributed by atoms with Crippen LogP contribution >= 0.6 is 0 Å². The average molecular weight is 206 g/mol. The molecule has 0 aliphatic carbocycles. The van der Waals surface area contributed by atoms with Crippen LogP contribution in [0.2, 0.25) is 0 Å². The zero-order chi connectivity index (χ0) is 11.2. The van der Waals surface area contributed by atoms with Crippen LogP contribution < -0.4 is 5.73 Å². The van der Waals surface area contributed by atoms with Crippen molar-refractivity contribution in [3.63, 3.8) is 0 Å². The van der Waals surface area contributed by atoms with Gasteiger partial charge in [0.25, 0.3) is 5.91 Å². The zero-order valence-corrected chi connectivity index (χ0v) is 8.15. The van der Waals surface area contributed by atoms with Gasteiger partial charge in [0.1, 0.15) is 0 Å². The number of carboxylic acids is 1. The van der Waals surface area contributed by atoms with Gasteiger partial charge in [-0.1, -0.05) is 0 Å². The minimum atomic E-state index is -1.08. The minimum absolute atomic E-state index is 0.0508. The third kappa shape index (κ3) is 1.32. The molecular weight excluding hydrogens is 196 g/mol. The Morgan fingerprint density at radius 3 is 2.80 bits per heavy atom. The first-order valence-electron chi connectivity index (χ1n) is 4.42. The van der Waals surface area contributed by atoms with Gasteiger partial charge in [-0.2, -0.15) is 0 Å². The van der Waals surface area contributed by atoms with Crippen molar-refractivity contribution in [3.8, 4) is 0 Å². The molecule has 1 aromatic rings. The summed E-state index contributed by atoms with van der Waals surface area (Å²) in [5, 5.41) is 8.81. The van der Waals surface area contributed by atoms with Crippen LogP contribution in [0.1, 0.15) is 26.3 Å². The summed E-state index contributed by atoms with van der Waals surface area (Å²) in [6.45, 7) is 0.444. The number of anilines is 1. The van der Waals surface area contributed by atoms with Crippen LogP contribution in [0.15, 0.2) is 12.1 Å². The number of carboxylic acid groups (broad SMARTS) is 1. The SMILES string of the molecule is CN1Cc2c(N)cc(C(=O)O)cc2C1=O. The lowest BCUT2D eigenvalue weighted by molar-refractivity contribution is 0.0697. The first-order chi connectivity index (χ1) is 7.00. The van der Waals surface area contributed by atoms with E-state index in [0.717, 1.165) is 0 Å². The van der Waals surface area contributed by atoms with Gasteiger partial charge in [0.15, 0.2) is 0 Å². The molecule has 3 N–H and O–H groups in total. The molecule has 2 rings (SSSR count). The quantitative estimate of drug-likeness (QED) is 0.657. The second kappa shape index (κ2) is 2.98. The Balaban J connectivity index is 2.62. The van der Waals surface area contributed by atoms with Crippen molar-refractivity contribution in [2.24, 2.45) is 0 Å². The van der Waals surface area contributed by atoms with Gasteiger partial charge in [0.2, 0.25) is 0 Å². The summed E-state index contributed by atoms with van der Waals surface area (Å²) in [6, 6.07) is 2.76. The molecule has 0 fully saturated rings. The fourth-order valence-corrected chi connectivity index (χ4v) is 1.70. The largest absolute Gasteiger partial charge is 0.478 e. The van der Waals surface area contributed by atoms with E-state index >= 15 is 0 Å². The van der Waals surface area contributed by atoms with Crippen LogP contribution in [0, 0.1) is 0 Å². The number of rotatable bonds is 1. The summed E-state index contributed by atoms with van der Waals surface area (Å²) >= 11 is 0. The number of aromatic carboxylic acids is 1. The molecule has 1 heterocycles. The van der Waals surface area contributed by atoms with E-state index in [-0.39, 0.29) is 11.5 Å². The standard InChI is InChI=1S/C10H10N2O3/c1-12-4-7-6(9(12)13)2-5(10(14)15)3-8(7)11/h2-3H,4,11H2,1H3,(H,14,15). The van der Waals surface area contributed by atoms with Crippen LogP contribution in [0.4, 0.5) is 5.69 Å². The monoisotopic (exact) mass is 206 g/mol. The van der Waals surface area contributed by atoms with Gasteiger partial charge in [-0.3, -0.25) is 4.79 Å². The predicted octanol–water partition coefficient (Wildman–Crippen LogP) is 0.553. The molecule has 0 aromatic heterocycles. The number of nitrogen functional groups attached to an aromatic ring is 1. The van der Waals surface area contributed by atoms with Crippen molar-refractivity contribution in [2.45, 2.75) is 6.54 Å². The number of hydrogen-bond acceptors (Lipinski definition) is 3. The van der Waals surface area contributed by atoms with E-state index in [1.165, 1.54) is 17.0 Å². The molecule has 1 amide bonds. The Labute approximate surface area is 86.1 Å². The lowest BCUT2D eigenvalue weighted by Gasteiger charge is -2.05. The number of nitrogens with zero attached hydrogens (tertiary/aromatic N) is 1. The fraction of sp³-hybridized carbons (Fsp3) is 0.200. The predicted molar refractivity (Wildman–Crippen MR) is 53.6 cm³/mol. The van der Waals surface area contributed by atoms with Crippen molar-refractivity contribution in [2.75, 3.05) is 12.8 Å². The van der Waals surface area contributed by atoms with Crippen molar-refractivity contribution in [3.05, 3.63) is 28.8 Å². The fourth-order valence-electron chi connectivity index (χ4n) is 1.70. The maximum absolute atomic E-state index is 11.6. The topological polar surface area (TPSA) is 83.6 Å². The van der Waals surface area contributed by atoms with E-state index in [4.69, 9.17) is 10.8 Å². The number of fused-ring (bicyclic) bond motifs is 1. The highest BCUT2D eigenvalue weighted by atomic mass is 16.4. The summed E-state index contributed by atoms with van der Waals surface area (Å²) in [4.78, 5) is 23.9. The van der Waals surface area contributed by atoms with Crippen LogP contribution in [-0.2, 0) is 6.54 Å². The van der Waals surface area contributed by atoms with Crippen molar-refractivity contribution >= 4 is 17.6 Å². The minimum Gasteiger partial charge on any atom is -0.478 e. The lowest BCUT2D eigenvalue weighted by Crippen LogP contribution is -2.17. The Bertz CT molecular complexity index is 468. The van der Waals surface area contributed by atoms with Crippen LogP contribution in [0.25, 0.3) is 0 Å². The molecule has 0 spiro atoms. The molecule has 0 atom stereocenters. The van der Waals surface area contributed by atoms with Crippen molar-refractivity contribution in [1.29, 1.82) is 0 Å². The summed E-state index contributed by atoms with van der Waals surface area (Å²) in [5.41, 5.74) is 7.22. The van der Waals surface area contributed by atoms with Gasteiger partial charge in [0.05, 0.1) is 5.56 Å². The molecule has 0 saturated heterocycles. The third-order valence-electron chi connectivity index (χ3n) is 2.50. The second-order valence-corrected chi connectivity index (χ2v) is 3.56. The molecule has 0 saturated carbocycles. The first kappa shape index (κ1) is 9.51. The lowest BCUT2D eigenvalue weighted by atomic mass is 10.0. The zero-order valence-electron chi connectivity index (χ0n) is 8.15. The number of nitrogens with two attached hydrogens (primary N) is 1. The number of carbonyl (C=O) groups excluding carboxylic acids is 1. The van der Waals surface area contributed by atoms with E-state index in [9.17, 15) is 9.59 Å². The summed E-state index contributed by atoms with van der Waals surface area (Å²) in [6.07, 6.45) is 0. The molecule has 1 aliphatic heterocycles. The number of hydrogen-bond donors (Lipinski definition) is 2. The number of carbonyl (C=O) groups is 2. The average Bonchev–Trinajstić information content (AvgIpc) is 2.45. The molecular formula is C10H10N2O3. The van der Waals surface area contributed by atoms with E-state index in [2.05, 4.69) is 0 Å². The molecule has 1 aromatic carbocycles. The maximum Gasteiger partial charge on any atom is 0.335 e. The Kier molecular flexibility index (Phi) is 1.89. The van der Waals surface area contributed by atoms with Gasteiger partial charge in [-0.05, 0) is 12.1 Å². The van der Waals surface area contributed by atoms with Crippen LogP contribution in [0.3, 0.4) is 0 Å². The molecule has 1 aliphatic rings. The normalized spacial score (nSPS) is 14.2. The van der Waals surface area contributed by atoms with Crippen molar-refractivity contribution < 1.29 is 14.7 Å².